The highest BCUT2D eigenvalue weighted by molar-refractivity contribution is 9.10. The average molecular weight is 345 g/mol. The Morgan fingerprint density at radius 2 is 2.00 bits per heavy atom. The molecule has 1 atom stereocenters. The van der Waals surface area contributed by atoms with E-state index in [0.29, 0.717) is 0 Å². The highest BCUT2D eigenvalue weighted by Crippen LogP contribution is 2.23. The molecule has 0 aliphatic carbocycles. The van der Waals surface area contributed by atoms with Crippen molar-refractivity contribution in [2.24, 2.45) is 0 Å². The summed E-state index contributed by atoms with van der Waals surface area (Å²) in [4.78, 5) is 0. The minimum atomic E-state index is -0.726. The van der Waals surface area contributed by atoms with E-state index in [2.05, 4.69) is 21.2 Å². The number of rotatable bonds is 4. The summed E-state index contributed by atoms with van der Waals surface area (Å²) in [5.74, 6) is -0.509. The summed E-state index contributed by atoms with van der Waals surface area (Å²) < 4.78 is 14.5. The van der Waals surface area contributed by atoms with Gasteiger partial charge in [0.05, 0.1) is 16.8 Å². The molecule has 0 aromatic heterocycles. The molecule has 0 heterocycles. The van der Waals surface area contributed by atoms with E-state index in [4.69, 9.17) is 11.6 Å². The molecule has 0 aliphatic rings. The predicted molar refractivity (Wildman–Crippen MR) is 79.0 cm³/mol. The monoisotopic (exact) mass is 343 g/mol. The van der Waals surface area contributed by atoms with Crippen molar-refractivity contribution in [1.29, 1.82) is 0 Å². The van der Waals surface area contributed by atoms with E-state index in [9.17, 15) is 9.50 Å². The Labute approximate surface area is 124 Å². The molecule has 0 amide bonds. The Hall–Kier alpha value is -1.10. The molecule has 2 aromatic rings. The van der Waals surface area contributed by atoms with E-state index in [0.717, 1.165) is 10.0 Å². The van der Waals surface area contributed by atoms with Gasteiger partial charge >= 0.3 is 0 Å². The zero-order chi connectivity index (χ0) is 13.8. The molecule has 2 aromatic carbocycles. The van der Waals surface area contributed by atoms with Gasteiger partial charge in [0.2, 0.25) is 0 Å². The molecule has 0 fully saturated rings. The highest BCUT2D eigenvalue weighted by atomic mass is 79.9. The molecule has 0 aliphatic heterocycles. The van der Waals surface area contributed by atoms with E-state index < -0.39 is 11.9 Å². The number of nitrogens with one attached hydrogen (secondary N) is 1. The van der Waals surface area contributed by atoms with Crippen molar-refractivity contribution in [3.05, 3.63) is 63.3 Å². The number of hydrogen-bond acceptors (Lipinski definition) is 2. The number of hydrogen-bond donors (Lipinski definition) is 2. The average Bonchev–Trinajstić information content (AvgIpc) is 2.40. The summed E-state index contributed by atoms with van der Waals surface area (Å²) in [6.07, 6.45) is -0.726. The Balaban J connectivity index is 2.04. The molecule has 19 heavy (non-hydrogen) atoms. The molecular weight excluding hydrogens is 333 g/mol. The fourth-order valence-corrected chi connectivity index (χ4v) is 2.27. The van der Waals surface area contributed by atoms with Gasteiger partial charge in [-0.15, -0.1) is 0 Å². The largest absolute Gasteiger partial charge is 0.387 e. The van der Waals surface area contributed by atoms with Gasteiger partial charge in [-0.25, -0.2) is 4.39 Å². The van der Waals surface area contributed by atoms with Crippen LogP contribution in [0.5, 0.6) is 0 Å². The molecule has 2 rings (SSSR count). The molecule has 0 spiro atoms. The number of aliphatic hydroxyl groups is 1. The van der Waals surface area contributed by atoms with Gasteiger partial charge in [0.25, 0.3) is 0 Å². The van der Waals surface area contributed by atoms with Gasteiger partial charge in [-0.2, -0.15) is 0 Å². The third kappa shape index (κ3) is 3.69. The number of benzene rings is 2. The van der Waals surface area contributed by atoms with Crippen LogP contribution in [0.3, 0.4) is 0 Å². The van der Waals surface area contributed by atoms with Crippen LogP contribution < -0.4 is 5.32 Å². The Morgan fingerprint density at radius 1 is 1.26 bits per heavy atom. The van der Waals surface area contributed by atoms with E-state index in [1.165, 1.54) is 6.07 Å². The fourth-order valence-electron chi connectivity index (χ4n) is 1.68. The predicted octanol–water partition coefficient (Wildman–Crippen LogP) is 4.39. The molecule has 5 heteroatoms. The van der Waals surface area contributed by atoms with E-state index >= 15 is 0 Å². The molecule has 100 valence electrons. The van der Waals surface area contributed by atoms with Crippen molar-refractivity contribution in [1.82, 2.24) is 0 Å². The van der Waals surface area contributed by atoms with Crippen LogP contribution in [0.15, 0.2) is 46.9 Å². The van der Waals surface area contributed by atoms with Crippen molar-refractivity contribution in [3.8, 4) is 0 Å². The van der Waals surface area contributed by atoms with Crippen LogP contribution in [0.4, 0.5) is 10.1 Å². The van der Waals surface area contributed by atoms with Crippen molar-refractivity contribution in [2.45, 2.75) is 6.10 Å². The van der Waals surface area contributed by atoms with Gasteiger partial charge in [-0.05, 0) is 29.8 Å². The van der Waals surface area contributed by atoms with Gasteiger partial charge in [0.15, 0.2) is 5.82 Å². The Morgan fingerprint density at radius 3 is 2.74 bits per heavy atom. The number of aliphatic hydroxyl groups excluding tert-OH is 1. The van der Waals surface area contributed by atoms with Gasteiger partial charge < -0.3 is 10.4 Å². The standard InChI is InChI=1S/C14H12BrClFNO/c15-10-4-1-3-9(7-10)13(19)8-18-12-6-2-5-11(16)14(12)17/h1-7,13,18-19H,8H2. The van der Waals surface area contributed by atoms with E-state index in [1.807, 2.05) is 24.3 Å². The summed E-state index contributed by atoms with van der Waals surface area (Å²) in [5, 5.41) is 12.9. The maximum atomic E-state index is 13.6. The first-order valence-electron chi connectivity index (χ1n) is 5.69. The van der Waals surface area contributed by atoms with Gasteiger partial charge in [-0.1, -0.05) is 45.7 Å². The first-order valence-corrected chi connectivity index (χ1v) is 6.86. The summed E-state index contributed by atoms with van der Waals surface area (Å²) >= 11 is 9.02. The smallest absolute Gasteiger partial charge is 0.164 e. The lowest BCUT2D eigenvalue weighted by Gasteiger charge is -2.14. The lowest BCUT2D eigenvalue weighted by atomic mass is 10.1. The van der Waals surface area contributed by atoms with Crippen molar-refractivity contribution >= 4 is 33.2 Å². The summed E-state index contributed by atoms with van der Waals surface area (Å²) in [6.45, 7) is 0.202. The van der Waals surface area contributed by atoms with Crippen LogP contribution in [-0.4, -0.2) is 11.7 Å². The van der Waals surface area contributed by atoms with E-state index in [-0.39, 0.29) is 17.3 Å². The maximum absolute atomic E-state index is 13.6. The molecule has 1 unspecified atom stereocenters. The SMILES string of the molecule is OC(CNc1cccc(Cl)c1F)c1cccc(Br)c1. The van der Waals surface area contributed by atoms with E-state index in [1.54, 1.807) is 12.1 Å². The fraction of sp³-hybridized carbons (Fsp3) is 0.143. The quantitative estimate of drug-likeness (QED) is 0.862. The molecular formula is C14H12BrClFNO. The van der Waals surface area contributed by atoms with Crippen LogP contribution in [0.25, 0.3) is 0 Å². The molecule has 0 radical (unpaired) electrons. The third-order valence-corrected chi connectivity index (χ3v) is 3.46. The second kappa shape index (κ2) is 6.37. The summed E-state index contributed by atoms with van der Waals surface area (Å²) in [7, 11) is 0. The topological polar surface area (TPSA) is 32.3 Å². The second-order valence-electron chi connectivity index (χ2n) is 4.05. The van der Waals surface area contributed by atoms with Crippen LogP contribution in [0.2, 0.25) is 5.02 Å². The highest BCUT2D eigenvalue weighted by Gasteiger charge is 2.10. The van der Waals surface area contributed by atoms with Gasteiger partial charge in [0.1, 0.15) is 0 Å². The zero-order valence-corrected chi connectivity index (χ0v) is 12.2. The minimum absolute atomic E-state index is 0.0574. The molecule has 0 saturated carbocycles. The summed E-state index contributed by atoms with van der Waals surface area (Å²) in [5.41, 5.74) is 1.03. The zero-order valence-electron chi connectivity index (χ0n) is 9.91. The van der Waals surface area contributed by atoms with Crippen LogP contribution in [0, 0.1) is 5.82 Å². The maximum Gasteiger partial charge on any atom is 0.164 e. The lowest BCUT2D eigenvalue weighted by Crippen LogP contribution is -2.13. The normalized spacial score (nSPS) is 12.2. The first-order chi connectivity index (χ1) is 9.08. The van der Waals surface area contributed by atoms with Crippen molar-refractivity contribution in [3.63, 3.8) is 0 Å². The first kappa shape index (κ1) is 14.3. The molecule has 2 nitrogen and oxygen atoms in total. The Kier molecular flexibility index (Phi) is 4.80. The molecule has 0 saturated heterocycles. The van der Waals surface area contributed by atoms with Gasteiger partial charge in [-0.3, -0.25) is 0 Å². The van der Waals surface area contributed by atoms with Crippen LogP contribution >= 0.6 is 27.5 Å². The number of halogens is 3. The second-order valence-corrected chi connectivity index (χ2v) is 5.38. The van der Waals surface area contributed by atoms with Gasteiger partial charge in [0, 0.05) is 11.0 Å². The molecule has 0 bridgehead atoms. The number of anilines is 1. The van der Waals surface area contributed by atoms with Crippen molar-refractivity contribution < 1.29 is 9.50 Å². The minimum Gasteiger partial charge on any atom is -0.387 e. The van der Waals surface area contributed by atoms with Crippen LogP contribution in [0.1, 0.15) is 11.7 Å². The molecule has 2 N–H and O–H groups in total. The third-order valence-electron chi connectivity index (χ3n) is 2.67. The Bertz CT molecular complexity index is 579. The van der Waals surface area contributed by atoms with Crippen molar-refractivity contribution in [2.75, 3.05) is 11.9 Å². The lowest BCUT2D eigenvalue weighted by molar-refractivity contribution is 0.191. The van der Waals surface area contributed by atoms with Crippen LogP contribution in [-0.2, 0) is 0 Å². The summed E-state index contributed by atoms with van der Waals surface area (Å²) in [6, 6.07) is 12.1.